The molecule has 0 amide bonds. The van der Waals surface area contributed by atoms with Crippen molar-refractivity contribution >= 4 is 10.8 Å². The lowest BCUT2D eigenvalue weighted by atomic mass is 10.2. The van der Waals surface area contributed by atoms with Crippen molar-refractivity contribution in [1.82, 2.24) is 0 Å². The molecule has 0 aliphatic rings. The highest BCUT2D eigenvalue weighted by Gasteiger charge is 1.93. The van der Waals surface area contributed by atoms with Gasteiger partial charge in [0.2, 0.25) is 0 Å². The van der Waals surface area contributed by atoms with Gasteiger partial charge in [-0.2, -0.15) is 0 Å². The molecular formula is C9H12OS. The zero-order valence-electron chi connectivity index (χ0n) is 6.83. The molecule has 0 bridgehead atoms. The van der Waals surface area contributed by atoms with E-state index in [2.05, 4.69) is 0 Å². The Kier molecular flexibility index (Phi) is 2.83. The Morgan fingerprint density at radius 1 is 1.27 bits per heavy atom. The van der Waals surface area contributed by atoms with Crippen molar-refractivity contribution in [3.63, 3.8) is 0 Å². The van der Waals surface area contributed by atoms with E-state index in [1.54, 1.807) is 6.26 Å². The number of hydrogen-bond acceptors (Lipinski definition) is 1. The van der Waals surface area contributed by atoms with Crippen LogP contribution in [-0.2, 0) is 16.6 Å². The van der Waals surface area contributed by atoms with E-state index >= 15 is 0 Å². The van der Waals surface area contributed by atoms with E-state index in [1.807, 2.05) is 31.2 Å². The van der Waals surface area contributed by atoms with Crippen molar-refractivity contribution in [3.05, 3.63) is 35.4 Å². The molecule has 60 valence electrons. The van der Waals surface area contributed by atoms with Gasteiger partial charge >= 0.3 is 0 Å². The lowest BCUT2D eigenvalue weighted by Gasteiger charge is -1.97. The van der Waals surface area contributed by atoms with E-state index in [4.69, 9.17) is 0 Å². The van der Waals surface area contributed by atoms with Crippen molar-refractivity contribution in [2.24, 2.45) is 0 Å². The minimum atomic E-state index is -0.723. The van der Waals surface area contributed by atoms with Crippen LogP contribution in [0.25, 0.3) is 0 Å². The highest BCUT2D eigenvalue weighted by Crippen LogP contribution is 2.04. The zero-order chi connectivity index (χ0) is 8.27. The summed E-state index contributed by atoms with van der Waals surface area (Å²) in [5.74, 6) is 0.667. The molecule has 0 heterocycles. The van der Waals surface area contributed by atoms with Crippen LogP contribution >= 0.6 is 0 Å². The summed E-state index contributed by atoms with van der Waals surface area (Å²) >= 11 is 0. The highest BCUT2D eigenvalue weighted by molar-refractivity contribution is 7.83. The van der Waals surface area contributed by atoms with Crippen molar-refractivity contribution in [2.75, 3.05) is 6.26 Å². The summed E-state index contributed by atoms with van der Waals surface area (Å²) in [5, 5.41) is 0. The minimum absolute atomic E-state index is 0.667. The molecule has 0 radical (unpaired) electrons. The lowest BCUT2D eigenvalue weighted by molar-refractivity contribution is 0.686. The van der Waals surface area contributed by atoms with Crippen molar-refractivity contribution in [3.8, 4) is 0 Å². The van der Waals surface area contributed by atoms with Crippen LogP contribution in [0.3, 0.4) is 0 Å². The van der Waals surface area contributed by atoms with Crippen LogP contribution in [0.2, 0.25) is 0 Å². The van der Waals surface area contributed by atoms with Gasteiger partial charge in [0.05, 0.1) is 0 Å². The summed E-state index contributed by atoms with van der Waals surface area (Å²) in [5.41, 5.74) is 2.40. The van der Waals surface area contributed by atoms with Crippen LogP contribution < -0.4 is 0 Å². The summed E-state index contributed by atoms with van der Waals surface area (Å²) in [6.07, 6.45) is 1.72. The summed E-state index contributed by atoms with van der Waals surface area (Å²) < 4.78 is 10.8. The van der Waals surface area contributed by atoms with Gasteiger partial charge in [-0.15, -0.1) is 0 Å². The molecule has 0 unspecified atom stereocenters. The van der Waals surface area contributed by atoms with Gasteiger partial charge in [0.1, 0.15) is 0 Å². The van der Waals surface area contributed by atoms with Gasteiger partial charge in [-0.25, -0.2) is 0 Å². The number of hydrogen-bond donors (Lipinski definition) is 0. The van der Waals surface area contributed by atoms with Crippen LogP contribution in [0.15, 0.2) is 24.3 Å². The molecule has 1 aromatic rings. The minimum Gasteiger partial charge on any atom is -0.260 e. The van der Waals surface area contributed by atoms with Gasteiger partial charge in [-0.3, -0.25) is 4.21 Å². The number of rotatable bonds is 2. The molecule has 1 rings (SSSR count). The normalized spacial score (nSPS) is 12.9. The Morgan fingerprint density at radius 2 is 1.82 bits per heavy atom. The molecule has 0 saturated heterocycles. The van der Waals surface area contributed by atoms with Crippen LogP contribution in [0.4, 0.5) is 0 Å². The average Bonchev–Trinajstić information content (AvgIpc) is 1.93. The summed E-state index contributed by atoms with van der Waals surface area (Å²) in [7, 11) is -0.723. The average molecular weight is 168 g/mol. The van der Waals surface area contributed by atoms with Gasteiger partial charge in [0.25, 0.3) is 0 Å². The van der Waals surface area contributed by atoms with Gasteiger partial charge in [-0.1, -0.05) is 29.8 Å². The second-order valence-electron chi connectivity index (χ2n) is 2.70. The Labute approximate surface area is 69.9 Å². The first-order valence-corrected chi connectivity index (χ1v) is 5.27. The van der Waals surface area contributed by atoms with Crippen LogP contribution in [0.5, 0.6) is 0 Å². The largest absolute Gasteiger partial charge is 0.260 e. The smallest absolute Gasteiger partial charge is 0.0482 e. The first-order valence-electron chi connectivity index (χ1n) is 3.54. The van der Waals surface area contributed by atoms with Crippen molar-refractivity contribution in [2.45, 2.75) is 12.7 Å². The van der Waals surface area contributed by atoms with Crippen molar-refractivity contribution in [1.29, 1.82) is 0 Å². The Balaban J connectivity index is 2.74. The molecule has 0 aliphatic carbocycles. The van der Waals surface area contributed by atoms with Crippen LogP contribution in [0.1, 0.15) is 11.1 Å². The fourth-order valence-corrected chi connectivity index (χ4v) is 1.58. The summed E-state index contributed by atoms with van der Waals surface area (Å²) in [6.45, 7) is 2.05. The predicted octanol–water partition coefficient (Wildman–Crippen LogP) is 1.87. The first-order chi connectivity index (χ1) is 5.18. The van der Waals surface area contributed by atoms with Gasteiger partial charge in [0, 0.05) is 22.8 Å². The number of aryl methyl sites for hydroxylation is 1. The van der Waals surface area contributed by atoms with Crippen LogP contribution in [0, 0.1) is 6.92 Å². The molecule has 1 nitrogen and oxygen atoms in total. The van der Waals surface area contributed by atoms with Gasteiger partial charge in [0.15, 0.2) is 0 Å². The van der Waals surface area contributed by atoms with Gasteiger partial charge < -0.3 is 0 Å². The third kappa shape index (κ3) is 2.85. The maximum atomic E-state index is 10.8. The molecule has 11 heavy (non-hydrogen) atoms. The molecule has 0 saturated carbocycles. The summed E-state index contributed by atoms with van der Waals surface area (Å²) in [4.78, 5) is 0. The fourth-order valence-electron chi connectivity index (χ4n) is 0.919. The topological polar surface area (TPSA) is 17.1 Å². The predicted molar refractivity (Wildman–Crippen MR) is 48.9 cm³/mol. The maximum absolute atomic E-state index is 10.8. The monoisotopic (exact) mass is 168 g/mol. The van der Waals surface area contributed by atoms with E-state index in [-0.39, 0.29) is 0 Å². The van der Waals surface area contributed by atoms with E-state index < -0.39 is 10.8 Å². The Morgan fingerprint density at radius 3 is 2.27 bits per heavy atom. The second kappa shape index (κ2) is 3.67. The molecule has 0 aromatic heterocycles. The molecule has 0 fully saturated rings. The van der Waals surface area contributed by atoms with E-state index in [0.29, 0.717) is 5.75 Å². The fraction of sp³-hybridized carbons (Fsp3) is 0.333. The molecule has 0 aliphatic heterocycles. The van der Waals surface area contributed by atoms with E-state index in [0.717, 1.165) is 5.56 Å². The lowest BCUT2D eigenvalue weighted by Crippen LogP contribution is -1.91. The third-order valence-electron chi connectivity index (χ3n) is 1.49. The second-order valence-corrected chi connectivity index (χ2v) is 4.14. The number of benzene rings is 1. The molecule has 0 spiro atoms. The molecule has 0 N–H and O–H groups in total. The van der Waals surface area contributed by atoms with Crippen LogP contribution in [-0.4, -0.2) is 10.5 Å². The van der Waals surface area contributed by atoms with Gasteiger partial charge in [-0.05, 0) is 12.5 Å². The summed E-state index contributed by atoms with van der Waals surface area (Å²) in [6, 6.07) is 8.14. The van der Waals surface area contributed by atoms with E-state index in [1.165, 1.54) is 5.56 Å². The molecule has 2 heteroatoms. The molecule has 1 aromatic carbocycles. The molecule has 1 atom stereocenters. The van der Waals surface area contributed by atoms with Crippen molar-refractivity contribution < 1.29 is 4.21 Å². The first kappa shape index (κ1) is 8.47. The highest BCUT2D eigenvalue weighted by atomic mass is 32.2. The Hall–Kier alpha value is -0.630. The zero-order valence-corrected chi connectivity index (χ0v) is 7.65. The quantitative estimate of drug-likeness (QED) is 0.659. The van der Waals surface area contributed by atoms with E-state index in [9.17, 15) is 4.21 Å². The third-order valence-corrected chi connectivity index (χ3v) is 2.23. The standard InChI is InChI=1S/C9H12OS/c1-8-3-5-9(6-4-8)7-11(2)10/h3-6H,7H2,1-2H3/t11-/m0/s1. The maximum Gasteiger partial charge on any atom is 0.0482 e. The molecular weight excluding hydrogens is 156 g/mol. The SMILES string of the molecule is Cc1ccc(C[S@](C)=O)cc1. The Bertz CT molecular complexity index is 251.